The second-order valence-corrected chi connectivity index (χ2v) is 6.16. The molecule has 1 heterocycles. The normalized spacial score (nSPS) is 13.3. The fourth-order valence-electron chi connectivity index (χ4n) is 2.34. The molecule has 0 aliphatic rings. The number of halogens is 3. The van der Waals surface area contributed by atoms with Crippen LogP contribution in [0, 0.1) is 0 Å². The zero-order valence-corrected chi connectivity index (χ0v) is 15.6. The first kappa shape index (κ1) is 22.2. The van der Waals surface area contributed by atoms with Crippen LogP contribution in [-0.2, 0) is 17.5 Å². The van der Waals surface area contributed by atoms with Crippen molar-refractivity contribution < 1.29 is 32.5 Å². The minimum atomic E-state index is -4.66. The van der Waals surface area contributed by atoms with Gasteiger partial charge in [0, 0.05) is 6.07 Å². The van der Waals surface area contributed by atoms with Crippen molar-refractivity contribution in [1.29, 1.82) is 0 Å². The second-order valence-electron chi connectivity index (χ2n) is 6.16. The van der Waals surface area contributed by atoms with E-state index in [2.05, 4.69) is 16.9 Å². The summed E-state index contributed by atoms with van der Waals surface area (Å²) in [6, 6.07) is 9.39. The maximum Gasteiger partial charge on any atom is 0.416 e. The Morgan fingerprint density at radius 3 is 2.62 bits per heavy atom. The molecule has 0 unspecified atom stereocenters. The van der Waals surface area contributed by atoms with Gasteiger partial charge in [0.1, 0.15) is 19.3 Å². The molecule has 0 aliphatic carbocycles. The molecular formula is C20H21F3N2O4. The maximum absolute atomic E-state index is 13.1. The molecule has 0 fully saturated rings. The lowest BCUT2D eigenvalue weighted by Crippen LogP contribution is -2.37. The van der Waals surface area contributed by atoms with E-state index in [4.69, 9.17) is 9.47 Å². The van der Waals surface area contributed by atoms with Crippen LogP contribution in [0.25, 0.3) is 0 Å². The molecule has 1 amide bonds. The van der Waals surface area contributed by atoms with E-state index in [9.17, 15) is 23.1 Å². The number of amides is 1. The van der Waals surface area contributed by atoms with Crippen LogP contribution in [0.1, 0.15) is 29.8 Å². The highest BCUT2D eigenvalue weighted by Gasteiger charge is 2.33. The molecule has 0 aliphatic heterocycles. The molecular weight excluding hydrogens is 389 g/mol. The summed E-state index contributed by atoms with van der Waals surface area (Å²) in [7, 11) is 0. The number of nitrogens with zero attached hydrogens (tertiary/aromatic N) is 1. The fourth-order valence-corrected chi connectivity index (χ4v) is 2.34. The van der Waals surface area contributed by atoms with Crippen LogP contribution in [0.3, 0.4) is 0 Å². The number of nitrogens with one attached hydrogen (secondary N) is 1. The Kier molecular flexibility index (Phi) is 7.60. The molecule has 2 N–H and O–H groups in total. The standard InChI is InChI=1S/C20H21F3N2O4/c1-3-9-28-17-11-15(20(21,22)23)10-16(25-17)18(26)13(2)24-19(27)29-12-14-7-5-4-6-8-14/h3-8,10-11,13,18,26H,1,9,12H2,2H3,(H,24,27)/t13-,18-/m0/s1. The number of rotatable bonds is 8. The van der Waals surface area contributed by atoms with Gasteiger partial charge in [0.05, 0.1) is 17.3 Å². The lowest BCUT2D eigenvalue weighted by atomic mass is 10.1. The number of alkyl carbamates (subject to hydrolysis) is 1. The van der Waals surface area contributed by atoms with Crippen molar-refractivity contribution in [2.45, 2.75) is 31.9 Å². The zero-order valence-electron chi connectivity index (χ0n) is 15.6. The number of aliphatic hydroxyl groups excluding tert-OH is 1. The van der Waals surface area contributed by atoms with Gasteiger partial charge in [0.2, 0.25) is 5.88 Å². The molecule has 0 bridgehead atoms. The van der Waals surface area contributed by atoms with Gasteiger partial charge in [0.25, 0.3) is 0 Å². The number of carbonyl (C=O) groups excluding carboxylic acids is 1. The first-order valence-corrected chi connectivity index (χ1v) is 8.69. The minimum absolute atomic E-state index is 0.0108. The predicted octanol–water partition coefficient (Wildman–Crippen LogP) is 4.01. The number of benzene rings is 1. The number of pyridine rings is 1. The van der Waals surface area contributed by atoms with Gasteiger partial charge in [-0.25, -0.2) is 9.78 Å². The molecule has 0 spiro atoms. The third-order valence-corrected chi connectivity index (χ3v) is 3.83. The Labute approximate surface area is 166 Å². The number of aromatic nitrogens is 1. The first-order valence-electron chi connectivity index (χ1n) is 8.69. The molecule has 156 valence electrons. The number of alkyl halides is 3. The minimum Gasteiger partial charge on any atom is -0.473 e. The average Bonchev–Trinajstić information content (AvgIpc) is 2.70. The van der Waals surface area contributed by atoms with E-state index in [-0.39, 0.29) is 24.8 Å². The second kappa shape index (κ2) is 9.92. The summed E-state index contributed by atoms with van der Waals surface area (Å²) < 4.78 is 49.5. The van der Waals surface area contributed by atoms with Crippen LogP contribution in [0.5, 0.6) is 5.88 Å². The van der Waals surface area contributed by atoms with Crippen LogP contribution in [0.15, 0.2) is 55.1 Å². The summed E-state index contributed by atoms with van der Waals surface area (Å²) in [6.07, 6.45) is -5.65. The molecule has 0 radical (unpaired) electrons. The number of hydrogen-bond acceptors (Lipinski definition) is 5. The Hall–Kier alpha value is -3.07. The van der Waals surface area contributed by atoms with Crippen molar-refractivity contribution in [2.75, 3.05) is 6.61 Å². The SMILES string of the molecule is C=CCOc1cc(C(F)(F)F)cc([C@@H](O)[C@H](C)NC(=O)OCc2ccccc2)n1. The number of hydrogen-bond donors (Lipinski definition) is 2. The lowest BCUT2D eigenvalue weighted by molar-refractivity contribution is -0.137. The summed E-state index contributed by atoms with van der Waals surface area (Å²) >= 11 is 0. The number of carbonyl (C=O) groups is 1. The van der Waals surface area contributed by atoms with Crippen molar-refractivity contribution in [1.82, 2.24) is 10.3 Å². The Morgan fingerprint density at radius 2 is 2.00 bits per heavy atom. The molecule has 29 heavy (non-hydrogen) atoms. The van der Waals surface area contributed by atoms with Crippen molar-refractivity contribution in [2.24, 2.45) is 0 Å². The van der Waals surface area contributed by atoms with E-state index >= 15 is 0 Å². The van der Waals surface area contributed by atoms with Gasteiger partial charge in [-0.05, 0) is 18.6 Å². The van der Waals surface area contributed by atoms with Crippen LogP contribution < -0.4 is 10.1 Å². The van der Waals surface area contributed by atoms with E-state index in [0.717, 1.165) is 11.6 Å². The van der Waals surface area contributed by atoms with Crippen molar-refractivity contribution in [3.63, 3.8) is 0 Å². The van der Waals surface area contributed by atoms with Gasteiger partial charge >= 0.3 is 12.3 Å². The topological polar surface area (TPSA) is 80.7 Å². The Balaban J connectivity index is 2.07. The van der Waals surface area contributed by atoms with Crippen molar-refractivity contribution in [3.8, 4) is 5.88 Å². The molecule has 1 aromatic carbocycles. The Morgan fingerprint density at radius 1 is 1.31 bits per heavy atom. The van der Waals surface area contributed by atoms with Gasteiger partial charge in [-0.15, -0.1) is 0 Å². The highest BCUT2D eigenvalue weighted by molar-refractivity contribution is 5.67. The van der Waals surface area contributed by atoms with E-state index in [0.29, 0.717) is 6.07 Å². The summed E-state index contributed by atoms with van der Waals surface area (Å²) in [4.78, 5) is 15.8. The molecule has 2 atom stereocenters. The molecule has 2 rings (SSSR count). The largest absolute Gasteiger partial charge is 0.473 e. The molecule has 9 heteroatoms. The summed E-state index contributed by atoms with van der Waals surface area (Å²) in [6.45, 7) is 4.79. The highest BCUT2D eigenvalue weighted by atomic mass is 19.4. The molecule has 2 aromatic rings. The van der Waals surface area contributed by atoms with E-state index in [1.54, 1.807) is 24.3 Å². The van der Waals surface area contributed by atoms with Crippen LogP contribution in [0.4, 0.5) is 18.0 Å². The van der Waals surface area contributed by atoms with Crippen LogP contribution in [-0.4, -0.2) is 28.8 Å². The van der Waals surface area contributed by atoms with Gasteiger partial charge in [-0.3, -0.25) is 0 Å². The predicted molar refractivity (Wildman–Crippen MR) is 99.1 cm³/mol. The summed E-state index contributed by atoms with van der Waals surface area (Å²) in [5, 5.41) is 12.8. The number of aliphatic hydroxyl groups is 1. The van der Waals surface area contributed by atoms with Gasteiger partial charge in [0.15, 0.2) is 0 Å². The lowest BCUT2D eigenvalue weighted by Gasteiger charge is -2.21. The van der Waals surface area contributed by atoms with Crippen molar-refractivity contribution >= 4 is 6.09 Å². The van der Waals surface area contributed by atoms with Crippen molar-refractivity contribution in [3.05, 3.63) is 71.9 Å². The van der Waals surface area contributed by atoms with Gasteiger partial charge < -0.3 is 19.9 Å². The average molecular weight is 410 g/mol. The third-order valence-electron chi connectivity index (χ3n) is 3.83. The third kappa shape index (κ3) is 6.79. The highest BCUT2D eigenvalue weighted by Crippen LogP contribution is 2.33. The zero-order chi connectivity index (χ0) is 21.4. The molecule has 6 nitrogen and oxygen atoms in total. The first-order chi connectivity index (χ1) is 13.7. The monoisotopic (exact) mass is 410 g/mol. The Bertz CT molecular complexity index is 828. The number of ether oxygens (including phenoxy) is 2. The van der Waals surface area contributed by atoms with E-state index in [1.807, 2.05) is 6.07 Å². The summed E-state index contributed by atoms with van der Waals surface area (Å²) in [5.74, 6) is -0.312. The van der Waals surface area contributed by atoms with E-state index < -0.39 is 30.0 Å². The molecule has 1 aromatic heterocycles. The molecule has 0 saturated carbocycles. The maximum atomic E-state index is 13.1. The molecule has 0 saturated heterocycles. The van der Waals surface area contributed by atoms with Crippen LogP contribution >= 0.6 is 0 Å². The van der Waals surface area contributed by atoms with E-state index in [1.165, 1.54) is 13.0 Å². The van der Waals surface area contributed by atoms with Gasteiger partial charge in [-0.2, -0.15) is 13.2 Å². The van der Waals surface area contributed by atoms with Gasteiger partial charge in [-0.1, -0.05) is 43.0 Å². The smallest absolute Gasteiger partial charge is 0.416 e. The quantitative estimate of drug-likeness (QED) is 0.643. The van der Waals surface area contributed by atoms with Crippen LogP contribution in [0.2, 0.25) is 0 Å². The fraction of sp³-hybridized carbons (Fsp3) is 0.300. The summed E-state index contributed by atoms with van der Waals surface area (Å²) in [5.41, 5.74) is -0.561.